The molecule has 2 aromatic carbocycles. The van der Waals surface area contributed by atoms with E-state index in [4.69, 9.17) is 27.9 Å². The Morgan fingerprint density at radius 2 is 1.86 bits per heavy atom. The Morgan fingerprint density at radius 1 is 1.11 bits per heavy atom. The second-order valence-corrected chi connectivity index (χ2v) is 7.29. The monoisotopic (exact) mass is 416 g/mol. The van der Waals surface area contributed by atoms with Crippen molar-refractivity contribution in [3.05, 3.63) is 70.3 Å². The maximum Gasteiger partial charge on any atom is 0.312 e. The average Bonchev–Trinajstić information content (AvgIpc) is 3.12. The standard InChI is InChI=1S/C22H22Cl2N2O2/c1-3-8-20(16-11-12-18(23)19(24)13-16)26-22(28-21(27)4-2)17(14-25-26)15-9-6-5-7-10-15/h5-7,9-14,20H,3-4,8H2,1-2H3. The molecular formula is C22H22Cl2N2O2. The Hall–Kier alpha value is -2.30. The van der Waals surface area contributed by atoms with E-state index < -0.39 is 0 Å². The van der Waals surface area contributed by atoms with Gasteiger partial charge >= 0.3 is 5.97 Å². The highest BCUT2D eigenvalue weighted by molar-refractivity contribution is 6.42. The summed E-state index contributed by atoms with van der Waals surface area (Å²) in [6.45, 7) is 3.87. The molecule has 0 amide bonds. The maximum atomic E-state index is 12.1. The number of rotatable bonds is 7. The highest BCUT2D eigenvalue weighted by Gasteiger charge is 2.24. The van der Waals surface area contributed by atoms with Crippen LogP contribution in [0.25, 0.3) is 11.1 Å². The third kappa shape index (κ3) is 4.40. The summed E-state index contributed by atoms with van der Waals surface area (Å²) in [7, 11) is 0. The average molecular weight is 417 g/mol. The molecule has 0 bridgehead atoms. The number of benzene rings is 2. The van der Waals surface area contributed by atoms with Crippen molar-refractivity contribution in [2.24, 2.45) is 0 Å². The summed E-state index contributed by atoms with van der Waals surface area (Å²) in [6, 6.07) is 15.2. The molecular weight excluding hydrogens is 395 g/mol. The number of esters is 1. The SMILES string of the molecule is CCCC(c1ccc(Cl)c(Cl)c1)n1ncc(-c2ccccc2)c1OC(=O)CC. The van der Waals surface area contributed by atoms with Gasteiger partial charge in [-0.1, -0.05) is 79.9 Å². The molecule has 3 aromatic rings. The van der Waals surface area contributed by atoms with Crippen molar-refractivity contribution < 1.29 is 9.53 Å². The van der Waals surface area contributed by atoms with Crippen LogP contribution in [0.5, 0.6) is 5.88 Å². The molecule has 0 radical (unpaired) electrons. The zero-order valence-electron chi connectivity index (χ0n) is 15.9. The molecule has 0 aliphatic carbocycles. The number of aromatic nitrogens is 2. The second kappa shape index (κ2) is 9.26. The highest BCUT2D eigenvalue weighted by atomic mass is 35.5. The smallest absolute Gasteiger partial charge is 0.312 e. The summed E-state index contributed by atoms with van der Waals surface area (Å²) in [5.74, 6) is 0.144. The van der Waals surface area contributed by atoms with Crippen molar-refractivity contribution in [1.82, 2.24) is 9.78 Å². The molecule has 1 atom stereocenters. The van der Waals surface area contributed by atoms with E-state index in [1.165, 1.54) is 0 Å². The van der Waals surface area contributed by atoms with Gasteiger partial charge in [-0.25, -0.2) is 4.68 Å². The Bertz CT molecular complexity index is 954. The molecule has 0 N–H and O–H groups in total. The van der Waals surface area contributed by atoms with Crippen LogP contribution in [0.3, 0.4) is 0 Å². The molecule has 1 heterocycles. The van der Waals surface area contributed by atoms with Crippen molar-refractivity contribution in [3.8, 4) is 17.0 Å². The van der Waals surface area contributed by atoms with Crippen LogP contribution in [0.2, 0.25) is 10.0 Å². The van der Waals surface area contributed by atoms with Crippen LogP contribution >= 0.6 is 23.2 Å². The molecule has 1 aromatic heterocycles. The fraction of sp³-hybridized carbons (Fsp3) is 0.273. The molecule has 4 nitrogen and oxygen atoms in total. The molecule has 0 fully saturated rings. The molecule has 0 aliphatic rings. The Labute approximate surface area is 175 Å². The second-order valence-electron chi connectivity index (χ2n) is 6.48. The summed E-state index contributed by atoms with van der Waals surface area (Å²) in [5.41, 5.74) is 2.69. The summed E-state index contributed by atoms with van der Waals surface area (Å²) in [4.78, 5) is 12.1. The molecule has 146 valence electrons. The zero-order valence-corrected chi connectivity index (χ0v) is 17.4. The van der Waals surface area contributed by atoms with E-state index in [2.05, 4.69) is 12.0 Å². The van der Waals surface area contributed by atoms with Crippen molar-refractivity contribution >= 4 is 29.2 Å². The molecule has 1 unspecified atom stereocenters. The molecule has 0 spiro atoms. The number of nitrogens with zero attached hydrogens (tertiary/aromatic N) is 2. The lowest BCUT2D eigenvalue weighted by molar-refractivity contribution is -0.134. The molecule has 0 aliphatic heterocycles. The van der Waals surface area contributed by atoms with Crippen molar-refractivity contribution in [2.75, 3.05) is 0 Å². The van der Waals surface area contributed by atoms with Crippen LogP contribution in [-0.2, 0) is 4.79 Å². The van der Waals surface area contributed by atoms with Gasteiger partial charge in [-0.2, -0.15) is 5.10 Å². The number of hydrogen-bond acceptors (Lipinski definition) is 3. The molecule has 3 rings (SSSR count). The third-order valence-corrected chi connectivity index (χ3v) is 5.26. The van der Waals surface area contributed by atoms with Crippen LogP contribution in [0.4, 0.5) is 0 Å². The van der Waals surface area contributed by atoms with Crippen molar-refractivity contribution in [1.29, 1.82) is 0 Å². The predicted octanol–water partition coefficient (Wildman–Crippen LogP) is 6.56. The van der Waals surface area contributed by atoms with Crippen molar-refractivity contribution in [3.63, 3.8) is 0 Å². The van der Waals surface area contributed by atoms with Crippen LogP contribution in [-0.4, -0.2) is 15.7 Å². The number of ether oxygens (including phenoxy) is 1. The normalized spacial score (nSPS) is 12.0. The number of carbonyl (C=O) groups excluding carboxylic acids is 1. The first-order valence-electron chi connectivity index (χ1n) is 9.33. The van der Waals surface area contributed by atoms with E-state index in [0.717, 1.165) is 29.5 Å². The van der Waals surface area contributed by atoms with Gasteiger partial charge < -0.3 is 4.74 Å². The third-order valence-electron chi connectivity index (χ3n) is 4.52. The maximum absolute atomic E-state index is 12.1. The van der Waals surface area contributed by atoms with Crippen LogP contribution < -0.4 is 4.74 Å². The van der Waals surface area contributed by atoms with Gasteiger partial charge in [0, 0.05) is 6.42 Å². The Balaban J connectivity index is 2.12. The van der Waals surface area contributed by atoms with Gasteiger partial charge in [0.05, 0.1) is 27.8 Å². The minimum Gasteiger partial charge on any atom is -0.407 e. The van der Waals surface area contributed by atoms with Crippen LogP contribution in [0.15, 0.2) is 54.7 Å². The van der Waals surface area contributed by atoms with Gasteiger partial charge in [-0.05, 0) is 29.7 Å². The highest BCUT2D eigenvalue weighted by Crippen LogP contribution is 2.37. The lowest BCUT2D eigenvalue weighted by Crippen LogP contribution is -2.17. The molecule has 0 saturated carbocycles. The van der Waals surface area contributed by atoms with Crippen LogP contribution in [0.1, 0.15) is 44.7 Å². The minimum atomic E-state index is -0.302. The van der Waals surface area contributed by atoms with E-state index in [9.17, 15) is 4.79 Å². The summed E-state index contributed by atoms with van der Waals surface area (Å²) in [5, 5.41) is 5.58. The Kier molecular flexibility index (Phi) is 6.76. The van der Waals surface area contributed by atoms with Crippen LogP contribution in [0, 0.1) is 0 Å². The number of hydrogen-bond donors (Lipinski definition) is 0. The summed E-state index contributed by atoms with van der Waals surface area (Å²) in [6.07, 6.45) is 3.76. The summed E-state index contributed by atoms with van der Waals surface area (Å²) < 4.78 is 7.50. The van der Waals surface area contributed by atoms with Gasteiger partial charge in [0.1, 0.15) is 0 Å². The first kappa shape index (κ1) is 20.4. The lowest BCUT2D eigenvalue weighted by Gasteiger charge is -2.20. The summed E-state index contributed by atoms with van der Waals surface area (Å²) >= 11 is 12.3. The quantitative estimate of drug-likeness (QED) is 0.409. The predicted molar refractivity (Wildman–Crippen MR) is 113 cm³/mol. The first-order valence-corrected chi connectivity index (χ1v) is 10.1. The molecule has 0 saturated heterocycles. The zero-order chi connectivity index (χ0) is 20.1. The van der Waals surface area contributed by atoms with E-state index in [1.54, 1.807) is 23.9 Å². The molecule has 6 heteroatoms. The minimum absolute atomic E-state index is 0.128. The fourth-order valence-corrected chi connectivity index (χ4v) is 3.40. The first-order chi connectivity index (χ1) is 13.5. The van der Waals surface area contributed by atoms with Gasteiger partial charge in [0.15, 0.2) is 0 Å². The lowest BCUT2D eigenvalue weighted by atomic mass is 10.0. The largest absolute Gasteiger partial charge is 0.407 e. The molecule has 28 heavy (non-hydrogen) atoms. The number of carbonyl (C=O) groups is 1. The van der Waals surface area contributed by atoms with Gasteiger partial charge in [-0.3, -0.25) is 4.79 Å². The van der Waals surface area contributed by atoms with Gasteiger partial charge in [0.2, 0.25) is 5.88 Å². The van der Waals surface area contributed by atoms with Gasteiger partial charge in [0.25, 0.3) is 0 Å². The Morgan fingerprint density at radius 3 is 2.50 bits per heavy atom. The van der Waals surface area contributed by atoms with E-state index in [-0.39, 0.29) is 18.4 Å². The van der Waals surface area contributed by atoms with E-state index in [1.807, 2.05) is 42.5 Å². The topological polar surface area (TPSA) is 44.1 Å². The number of halogens is 2. The fourth-order valence-electron chi connectivity index (χ4n) is 3.09. The van der Waals surface area contributed by atoms with E-state index >= 15 is 0 Å². The van der Waals surface area contributed by atoms with Gasteiger partial charge in [-0.15, -0.1) is 0 Å². The van der Waals surface area contributed by atoms with Crippen molar-refractivity contribution in [2.45, 2.75) is 39.2 Å². The van der Waals surface area contributed by atoms with E-state index in [0.29, 0.717) is 15.9 Å².